The number of benzene rings is 2. The smallest absolute Gasteiger partial charge is 0.326 e. The molecule has 0 aliphatic heterocycles. The number of carbonyl (C=O) groups is 3. The Balaban J connectivity index is 2.06. The van der Waals surface area contributed by atoms with E-state index in [1.54, 1.807) is 30.3 Å². The van der Waals surface area contributed by atoms with Gasteiger partial charge in [0.1, 0.15) is 11.8 Å². The van der Waals surface area contributed by atoms with E-state index in [-0.39, 0.29) is 21.4 Å². The van der Waals surface area contributed by atoms with Gasteiger partial charge in [0.2, 0.25) is 5.91 Å². The number of aromatic hydroxyl groups is 1. The predicted molar refractivity (Wildman–Crippen MR) is 109 cm³/mol. The number of aliphatic carboxylic acids is 1. The van der Waals surface area contributed by atoms with Crippen molar-refractivity contribution in [3.05, 3.63) is 63.1 Å². The quantitative estimate of drug-likeness (QED) is 0.478. The maximum atomic E-state index is 12.4. The summed E-state index contributed by atoms with van der Waals surface area (Å²) in [6.45, 7) is 0. The Labute approximate surface area is 177 Å². The third-order valence-corrected chi connectivity index (χ3v) is 4.78. The lowest BCUT2D eigenvalue weighted by Crippen LogP contribution is -2.43. The number of carbonyl (C=O) groups excluding carboxylic acids is 2. The number of carboxylic acid groups (broad SMARTS) is 1. The van der Waals surface area contributed by atoms with E-state index in [1.165, 1.54) is 0 Å². The molecule has 0 aliphatic rings. The lowest BCUT2D eigenvalue weighted by atomic mass is 10.0. The van der Waals surface area contributed by atoms with E-state index >= 15 is 0 Å². The van der Waals surface area contributed by atoms with E-state index in [0.717, 1.165) is 24.0 Å². The standard InChI is InChI=1S/C20H20Cl2N2O5/c21-14-8-12(5-1-3-11-4-2-6-13(25)7-11)9-15(22)18(14)19(27)24-16(20(28)29)10-17(23)26/h2,4,6-9,16,25H,1,3,5,10H2,(H2,23,26)(H,24,27)(H,28,29)/t16-/m0/s1. The third-order valence-electron chi connectivity index (χ3n) is 4.18. The van der Waals surface area contributed by atoms with Crippen LogP contribution in [-0.2, 0) is 22.4 Å². The molecular formula is C20H20Cl2N2O5. The maximum Gasteiger partial charge on any atom is 0.326 e. The zero-order valence-electron chi connectivity index (χ0n) is 15.3. The number of aryl methyl sites for hydroxylation is 2. The molecule has 2 amide bonds. The van der Waals surface area contributed by atoms with Crippen LogP contribution in [0.1, 0.15) is 34.3 Å². The van der Waals surface area contributed by atoms with Crippen LogP contribution in [0.3, 0.4) is 0 Å². The molecule has 0 saturated carbocycles. The molecule has 0 aromatic heterocycles. The Bertz CT molecular complexity index is 910. The Hall–Kier alpha value is -2.77. The van der Waals surface area contributed by atoms with E-state index in [4.69, 9.17) is 34.0 Å². The zero-order valence-corrected chi connectivity index (χ0v) is 16.8. The number of carboxylic acids is 1. The van der Waals surface area contributed by atoms with Gasteiger partial charge in [-0.15, -0.1) is 0 Å². The van der Waals surface area contributed by atoms with Crippen LogP contribution < -0.4 is 11.1 Å². The van der Waals surface area contributed by atoms with Crippen LogP contribution in [0.25, 0.3) is 0 Å². The summed E-state index contributed by atoms with van der Waals surface area (Å²) in [5.41, 5.74) is 6.74. The van der Waals surface area contributed by atoms with Crippen molar-refractivity contribution in [2.75, 3.05) is 0 Å². The first-order chi connectivity index (χ1) is 13.7. The number of primary amides is 1. The molecule has 2 rings (SSSR count). The fourth-order valence-electron chi connectivity index (χ4n) is 2.83. The van der Waals surface area contributed by atoms with Gasteiger partial charge in [0.15, 0.2) is 0 Å². The fourth-order valence-corrected chi connectivity index (χ4v) is 3.53. The number of rotatable bonds is 9. The molecule has 2 aromatic rings. The van der Waals surface area contributed by atoms with Crippen molar-refractivity contribution in [3.63, 3.8) is 0 Å². The highest BCUT2D eigenvalue weighted by atomic mass is 35.5. The average Bonchev–Trinajstić information content (AvgIpc) is 2.60. The first kappa shape index (κ1) is 22.5. The monoisotopic (exact) mass is 438 g/mol. The molecule has 0 heterocycles. The number of nitrogens with two attached hydrogens (primary N) is 1. The average molecular weight is 439 g/mol. The summed E-state index contributed by atoms with van der Waals surface area (Å²) in [5, 5.41) is 21.0. The molecule has 2 aromatic carbocycles. The lowest BCUT2D eigenvalue weighted by molar-refractivity contribution is -0.140. The number of hydrogen-bond donors (Lipinski definition) is 4. The molecule has 5 N–H and O–H groups in total. The number of halogens is 2. The van der Waals surface area contributed by atoms with Gasteiger partial charge >= 0.3 is 5.97 Å². The fraction of sp³-hybridized carbons (Fsp3) is 0.250. The molecule has 7 nitrogen and oxygen atoms in total. The molecule has 9 heteroatoms. The Morgan fingerprint density at radius 3 is 2.21 bits per heavy atom. The SMILES string of the molecule is NC(=O)C[C@H](NC(=O)c1c(Cl)cc(CCCc2cccc(O)c2)cc1Cl)C(=O)O. The minimum absolute atomic E-state index is 0.0687. The van der Waals surface area contributed by atoms with Crippen molar-refractivity contribution in [3.8, 4) is 5.75 Å². The lowest BCUT2D eigenvalue weighted by Gasteiger charge is -2.15. The molecule has 0 bridgehead atoms. The van der Waals surface area contributed by atoms with Crippen molar-refractivity contribution in [1.29, 1.82) is 0 Å². The van der Waals surface area contributed by atoms with Gasteiger partial charge in [-0.1, -0.05) is 35.3 Å². The van der Waals surface area contributed by atoms with Gasteiger partial charge in [0.25, 0.3) is 5.91 Å². The summed E-state index contributed by atoms with van der Waals surface area (Å²) in [5.74, 6) is -2.86. The van der Waals surface area contributed by atoms with Crippen LogP contribution in [0.2, 0.25) is 10.0 Å². The Kier molecular flexibility index (Phi) is 7.87. The van der Waals surface area contributed by atoms with Crippen LogP contribution in [0.4, 0.5) is 0 Å². The molecule has 0 fully saturated rings. The molecule has 0 saturated heterocycles. The molecular weight excluding hydrogens is 419 g/mol. The number of hydrogen-bond acceptors (Lipinski definition) is 4. The van der Waals surface area contributed by atoms with E-state index in [1.807, 2.05) is 6.07 Å². The zero-order chi connectivity index (χ0) is 21.6. The Morgan fingerprint density at radius 2 is 1.66 bits per heavy atom. The third kappa shape index (κ3) is 6.66. The highest BCUT2D eigenvalue weighted by molar-refractivity contribution is 6.39. The van der Waals surface area contributed by atoms with Crippen molar-refractivity contribution in [2.45, 2.75) is 31.7 Å². The molecule has 0 unspecified atom stereocenters. The molecule has 154 valence electrons. The summed E-state index contributed by atoms with van der Waals surface area (Å²) < 4.78 is 0. The first-order valence-electron chi connectivity index (χ1n) is 8.75. The molecule has 0 aliphatic carbocycles. The Morgan fingerprint density at radius 1 is 1.03 bits per heavy atom. The molecule has 29 heavy (non-hydrogen) atoms. The van der Waals surface area contributed by atoms with Gasteiger partial charge in [-0.25, -0.2) is 4.79 Å². The van der Waals surface area contributed by atoms with Crippen molar-refractivity contribution in [2.24, 2.45) is 5.73 Å². The second-order valence-electron chi connectivity index (χ2n) is 6.49. The highest BCUT2D eigenvalue weighted by Crippen LogP contribution is 2.28. The van der Waals surface area contributed by atoms with Crippen molar-refractivity contribution < 1.29 is 24.6 Å². The van der Waals surface area contributed by atoms with E-state index < -0.39 is 30.2 Å². The van der Waals surface area contributed by atoms with E-state index in [2.05, 4.69) is 5.32 Å². The van der Waals surface area contributed by atoms with Gasteiger partial charge in [-0.05, 0) is 54.7 Å². The molecule has 1 atom stereocenters. The number of nitrogens with one attached hydrogen (secondary N) is 1. The van der Waals surface area contributed by atoms with Gasteiger partial charge in [0.05, 0.1) is 22.0 Å². The predicted octanol–water partition coefficient (Wildman–Crippen LogP) is 2.93. The van der Waals surface area contributed by atoms with E-state index in [9.17, 15) is 19.5 Å². The first-order valence-corrected chi connectivity index (χ1v) is 9.50. The maximum absolute atomic E-state index is 12.4. The minimum Gasteiger partial charge on any atom is -0.508 e. The van der Waals surface area contributed by atoms with Crippen LogP contribution in [0, 0.1) is 0 Å². The van der Waals surface area contributed by atoms with Gasteiger partial charge in [-0.3, -0.25) is 9.59 Å². The summed E-state index contributed by atoms with van der Waals surface area (Å²) in [4.78, 5) is 34.6. The van der Waals surface area contributed by atoms with Crippen LogP contribution >= 0.6 is 23.2 Å². The van der Waals surface area contributed by atoms with Crippen molar-refractivity contribution >= 4 is 41.0 Å². The second-order valence-corrected chi connectivity index (χ2v) is 7.31. The summed E-state index contributed by atoms with van der Waals surface area (Å²) in [6, 6.07) is 8.69. The van der Waals surface area contributed by atoms with Gasteiger partial charge in [0, 0.05) is 0 Å². The number of phenolic OH excluding ortho intramolecular Hbond substituents is 1. The molecule has 0 spiro atoms. The molecule has 0 radical (unpaired) electrons. The number of amides is 2. The summed E-state index contributed by atoms with van der Waals surface area (Å²) in [7, 11) is 0. The summed E-state index contributed by atoms with van der Waals surface area (Å²) >= 11 is 12.4. The number of phenols is 1. The summed E-state index contributed by atoms with van der Waals surface area (Å²) in [6.07, 6.45) is 1.58. The van der Waals surface area contributed by atoms with Gasteiger partial charge < -0.3 is 21.3 Å². The van der Waals surface area contributed by atoms with Crippen LogP contribution in [-0.4, -0.2) is 34.0 Å². The topological polar surface area (TPSA) is 130 Å². The minimum atomic E-state index is -1.48. The van der Waals surface area contributed by atoms with Gasteiger partial charge in [-0.2, -0.15) is 0 Å². The van der Waals surface area contributed by atoms with Crippen LogP contribution in [0.5, 0.6) is 5.75 Å². The van der Waals surface area contributed by atoms with Crippen LogP contribution in [0.15, 0.2) is 36.4 Å². The van der Waals surface area contributed by atoms with E-state index in [0.29, 0.717) is 6.42 Å². The second kappa shape index (κ2) is 10.1. The largest absolute Gasteiger partial charge is 0.508 e. The highest BCUT2D eigenvalue weighted by Gasteiger charge is 2.25. The normalized spacial score (nSPS) is 11.7. The van der Waals surface area contributed by atoms with Crippen molar-refractivity contribution in [1.82, 2.24) is 5.32 Å².